The van der Waals surface area contributed by atoms with Gasteiger partial charge in [-0.1, -0.05) is 42.9 Å². The van der Waals surface area contributed by atoms with Gasteiger partial charge in [-0.2, -0.15) is 5.10 Å². The number of hydrogen-bond donors (Lipinski definition) is 1. The third kappa shape index (κ3) is 4.02. The number of hydrogen-bond acceptors (Lipinski definition) is 6. The molecular weight excluding hydrogens is 350 g/mol. The summed E-state index contributed by atoms with van der Waals surface area (Å²) in [5.41, 5.74) is 0.819. The van der Waals surface area contributed by atoms with Crippen LogP contribution < -0.4 is 10.7 Å². The number of anilines is 1. The van der Waals surface area contributed by atoms with Crippen LogP contribution in [0, 0.1) is 6.92 Å². The van der Waals surface area contributed by atoms with Crippen molar-refractivity contribution in [1.82, 2.24) is 20.0 Å². The second-order valence-corrected chi connectivity index (χ2v) is 6.87. The Hall–Kier alpha value is -2.87. The van der Waals surface area contributed by atoms with Crippen molar-refractivity contribution in [2.75, 3.05) is 5.32 Å². The number of carbonyl (C=O) groups excluding carboxylic acids is 1. The lowest BCUT2D eigenvalue weighted by molar-refractivity contribution is 0.101. The fourth-order valence-electron chi connectivity index (χ4n) is 2.42. The Kier molecular flexibility index (Phi) is 5.52. The molecule has 0 aliphatic heterocycles. The number of carbonyl (C=O) groups is 1. The summed E-state index contributed by atoms with van der Waals surface area (Å²) in [6.07, 6.45) is 2.91. The zero-order chi connectivity index (χ0) is 18.5. The Morgan fingerprint density at radius 2 is 2.00 bits per heavy atom. The zero-order valence-corrected chi connectivity index (χ0v) is 15.4. The van der Waals surface area contributed by atoms with E-state index in [9.17, 15) is 9.59 Å². The van der Waals surface area contributed by atoms with Crippen LogP contribution in [0.5, 0.6) is 0 Å². The molecule has 1 aromatic carbocycles. The van der Waals surface area contributed by atoms with Crippen molar-refractivity contribution in [3.05, 3.63) is 63.0 Å². The summed E-state index contributed by atoms with van der Waals surface area (Å²) in [5.74, 6) is -0.585. The van der Waals surface area contributed by atoms with Crippen LogP contribution in [-0.2, 0) is 6.42 Å². The van der Waals surface area contributed by atoms with Gasteiger partial charge in [-0.15, -0.1) is 10.2 Å². The van der Waals surface area contributed by atoms with E-state index in [0.717, 1.165) is 30.0 Å². The topological polar surface area (TPSA) is 89.8 Å². The van der Waals surface area contributed by atoms with Gasteiger partial charge in [0, 0.05) is 18.2 Å². The van der Waals surface area contributed by atoms with E-state index in [2.05, 4.69) is 27.5 Å². The van der Waals surface area contributed by atoms with Crippen LogP contribution in [0.3, 0.4) is 0 Å². The van der Waals surface area contributed by atoms with Gasteiger partial charge in [-0.25, -0.2) is 4.68 Å². The highest BCUT2D eigenvalue weighted by Crippen LogP contribution is 2.17. The molecule has 134 valence electrons. The molecule has 0 unspecified atom stereocenters. The number of rotatable bonds is 6. The highest BCUT2D eigenvalue weighted by molar-refractivity contribution is 7.15. The van der Waals surface area contributed by atoms with Gasteiger partial charge in [0.25, 0.3) is 5.91 Å². The van der Waals surface area contributed by atoms with E-state index in [1.54, 1.807) is 11.6 Å². The maximum absolute atomic E-state index is 12.5. The van der Waals surface area contributed by atoms with E-state index < -0.39 is 11.3 Å². The van der Waals surface area contributed by atoms with Crippen molar-refractivity contribution in [1.29, 1.82) is 0 Å². The molecule has 26 heavy (non-hydrogen) atoms. The lowest BCUT2D eigenvalue weighted by Crippen LogP contribution is -2.26. The van der Waals surface area contributed by atoms with E-state index in [4.69, 9.17) is 0 Å². The molecule has 0 saturated heterocycles. The van der Waals surface area contributed by atoms with Crippen LogP contribution in [0.4, 0.5) is 5.13 Å². The van der Waals surface area contributed by atoms with Crippen LogP contribution in [0.15, 0.2) is 41.2 Å². The van der Waals surface area contributed by atoms with Gasteiger partial charge in [0.05, 0.1) is 5.69 Å². The van der Waals surface area contributed by atoms with Crippen molar-refractivity contribution in [3.8, 4) is 5.69 Å². The molecule has 0 saturated carbocycles. The minimum atomic E-state index is -0.585. The Morgan fingerprint density at radius 1 is 1.23 bits per heavy atom. The van der Waals surface area contributed by atoms with Crippen LogP contribution >= 0.6 is 11.3 Å². The summed E-state index contributed by atoms with van der Waals surface area (Å²) in [6, 6.07) is 10.7. The van der Waals surface area contributed by atoms with Gasteiger partial charge in [0.15, 0.2) is 5.69 Å². The maximum atomic E-state index is 12.5. The number of aromatic nitrogens is 4. The normalized spacial score (nSPS) is 10.7. The smallest absolute Gasteiger partial charge is 0.282 e. The molecule has 0 radical (unpaired) electrons. The number of nitrogens with zero attached hydrogens (tertiary/aromatic N) is 4. The largest absolute Gasteiger partial charge is 0.295 e. The van der Waals surface area contributed by atoms with Crippen molar-refractivity contribution in [2.45, 2.75) is 33.1 Å². The second kappa shape index (κ2) is 8.01. The van der Waals surface area contributed by atoms with Gasteiger partial charge in [0.2, 0.25) is 10.6 Å². The van der Waals surface area contributed by atoms with Crippen molar-refractivity contribution in [3.63, 3.8) is 0 Å². The first-order chi connectivity index (χ1) is 12.6. The van der Waals surface area contributed by atoms with Gasteiger partial charge < -0.3 is 0 Å². The van der Waals surface area contributed by atoms with E-state index >= 15 is 0 Å². The SMILES string of the molecule is CCCCc1nnc(NC(=O)c2nn(-c3ccccc3)c(C)cc2=O)s1. The highest BCUT2D eigenvalue weighted by Gasteiger charge is 2.17. The molecule has 8 heteroatoms. The third-order valence-corrected chi connectivity index (χ3v) is 4.65. The highest BCUT2D eigenvalue weighted by atomic mass is 32.1. The molecular formula is C18H19N5O2S. The molecule has 0 aliphatic rings. The molecule has 3 rings (SSSR count). The van der Waals surface area contributed by atoms with Crippen LogP contribution in [0.2, 0.25) is 0 Å². The standard InChI is InChI=1S/C18H19N5O2S/c1-3-4-10-15-20-21-18(26-15)19-17(25)16-14(24)11-12(2)23(22-16)13-8-6-5-7-9-13/h5-9,11H,3-4,10H2,1-2H3,(H,19,21,25). The molecule has 0 bridgehead atoms. The number of para-hydroxylation sites is 1. The molecule has 0 fully saturated rings. The van der Waals surface area contributed by atoms with Gasteiger partial charge in [0.1, 0.15) is 5.01 Å². The van der Waals surface area contributed by atoms with Gasteiger partial charge in [-0.05, 0) is 25.5 Å². The number of benzene rings is 1. The van der Waals surface area contributed by atoms with Crippen LogP contribution in [0.1, 0.15) is 41.0 Å². The first-order valence-electron chi connectivity index (χ1n) is 8.38. The molecule has 2 heterocycles. The molecule has 1 N–H and O–H groups in total. The fourth-order valence-corrected chi connectivity index (χ4v) is 3.20. The Balaban J connectivity index is 1.85. The summed E-state index contributed by atoms with van der Waals surface area (Å²) in [6.45, 7) is 3.87. The maximum Gasteiger partial charge on any atom is 0.282 e. The number of unbranched alkanes of at least 4 members (excludes halogenated alkanes) is 1. The molecule has 2 aromatic heterocycles. The molecule has 0 spiro atoms. The van der Waals surface area contributed by atoms with Crippen molar-refractivity contribution in [2.24, 2.45) is 0 Å². The van der Waals surface area contributed by atoms with Crippen LogP contribution in [-0.4, -0.2) is 25.9 Å². The van der Waals surface area contributed by atoms with E-state index in [1.807, 2.05) is 30.3 Å². The van der Waals surface area contributed by atoms with Gasteiger partial charge >= 0.3 is 0 Å². The minimum Gasteiger partial charge on any atom is -0.295 e. The first kappa shape index (κ1) is 17.9. The first-order valence-corrected chi connectivity index (χ1v) is 9.20. The quantitative estimate of drug-likeness (QED) is 0.721. The van der Waals surface area contributed by atoms with Crippen molar-refractivity contribution >= 4 is 22.4 Å². The number of amides is 1. The van der Waals surface area contributed by atoms with E-state index in [-0.39, 0.29) is 5.69 Å². The Morgan fingerprint density at radius 3 is 2.73 bits per heavy atom. The molecule has 3 aromatic rings. The molecule has 1 amide bonds. The predicted octanol–water partition coefficient (Wildman–Crippen LogP) is 2.99. The fraction of sp³-hybridized carbons (Fsp3) is 0.278. The van der Waals surface area contributed by atoms with E-state index in [0.29, 0.717) is 10.8 Å². The molecule has 7 nitrogen and oxygen atoms in total. The van der Waals surface area contributed by atoms with Gasteiger partial charge in [-0.3, -0.25) is 14.9 Å². The van der Waals surface area contributed by atoms with E-state index in [1.165, 1.54) is 17.4 Å². The lowest BCUT2D eigenvalue weighted by atomic mass is 10.3. The lowest BCUT2D eigenvalue weighted by Gasteiger charge is -2.10. The summed E-state index contributed by atoms with van der Waals surface area (Å²) in [4.78, 5) is 24.7. The molecule has 0 aliphatic carbocycles. The predicted molar refractivity (Wildman–Crippen MR) is 101 cm³/mol. The molecule has 0 atom stereocenters. The number of nitrogens with one attached hydrogen (secondary N) is 1. The minimum absolute atomic E-state index is 0.176. The number of aryl methyl sites for hydroxylation is 2. The van der Waals surface area contributed by atoms with Crippen LogP contribution in [0.25, 0.3) is 5.69 Å². The monoisotopic (exact) mass is 369 g/mol. The zero-order valence-electron chi connectivity index (χ0n) is 14.6. The summed E-state index contributed by atoms with van der Waals surface area (Å²) in [7, 11) is 0. The summed E-state index contributed by atoms with van der Waals surface area (Å²) in [5, 5.41) is 16.1. The average Bonchev–Trinajstić information content (AvgIpc) is 3.08. The average molecular weight is 369 g/mol. The summed E-state index contributed by atoms with van der Waals surface area (Å²) >= 11 is 1.31. The third-order valence-electron chi connectivity index (χ3n) is 3.75. The van der Waals surface area contributed by atoms with Crippen molar-refractivity contribution < 1.29 is 4.79 Å². The summed E-state index contributed by atoms with van der Waals surface area (Å²) < 4.78 is 1.57. The Bertz CT molecular complexity index is 965. The second-order valence-electron chi connectivity index (χ2n) is 5.80. The Labute approximate surface area is 154 Å².